The Labute approximate surface area is 353 Å². The van der Waals surface area contributed by atoms with Crippen LogP contribution in [0.25, 0.3) is 0 Å². The first-order chi connectivity index (χ1) is 15.7. The fraction of sp³-hybridized carbons (Fsp3) is 1.00. The van der Waals surface area contributed by atoms with E-state index in [1.807, 2.05) is 0 Å². The summed E-state index contributed by atoms with van der Waals surface area (Å²) in [7, 11) is -5.59. The Kier molecular flexibility index (Phi) is 82.3. The summed E-state index contributed by atoms with van der Waals surface area (Å²) < 4.78 is 55.7. The minimum atomic E-state index is -2.37. The van der Waals surface area contributed by atoms with E-state index in [4.69, 9.17) is 52.0 Å². The molecule has 0 saturated carbocycles. The van der Waals surface area contributed by atoms with Gasteiger partial charge in [0.2, 0.25) is 0 Å². The monoisotopic (exact) mass is 1430 g/mol. The van der Waals surface area contributed by atoms with Crippen molar-refractivity contribution in [2.45, 2.75) is 0 Å². The molecule has 1 heterocycles. The van der Waals surface area contributed by atoms with Crippen LogP contribution < -0.4 is 0 Å². The van der Waals surface area contributed by atoms with Crippen LogP contribution in [0.4, 0.5) is 0 Å². The molecule has 0 spiro atoms. The van der Waals surface area contributed by atoms with Gasteiger partial charge in [0, 0.05) is 190 Å². The zero-order chi connectivity index (χ0) is 25.5. The van der Waals surface area contributed by atoms with Gasteiger partial charge in [0.05, 0.1) is 13.2 Å². The molecule has 1 fully saturated rings. The third kappa shape index (κ3) is 52.2. The van der Waals surface area contributed by atoms with Crippen LogP contribution in [0, 0.1) is 0 Å². The first kappa shape index (κ1) is 64.7. The third-order valence-corrected chi connectivity index (χ3v) is 5.99. The summed E-state index contributed by atoms with van der Waals surface area (Å²) in [6, 6.07) is 0. The van der Waals surface area contributed by atoms with Crippen molar-refractivity contribution < 1.29 is 245 Å². The summed E-state index contributed by atoms with van der Waals surface area (Å²) in [6.45, 7) is 0.292. The third-order valence-electron chi connectivity index (χ3n) is 2.05. The molecule has 6 N–H and O–H groups in total. The summed E-state index contributed by atoms with van der Waals surface area (Å²) >= 11 is 0. The molecule has 0 aromatic rings. The van der Waals surface area contributed by atoms with Gasteiger partial charge < -0.3 is 56.5 Å². The van der Waals surface area contributed by atoms with Crippen molar-refractivity contribution in [2.24, 2.45) is 0 Å². The van der Waals surface area contributed by atoms with Gasteiger partial charge in [0.1, 0.15) is 0 Å². The molecule has 3 radical (unpaired) electrons. The average Bonchev–Trinajstić information content (AvgIpc) is 3.28. The molecule has 1 saturated heterocycles. The molecule has 0 aromatic heterocycles. The van der Waals surface area contributed by atoms with Crippen molar-refractivity contribution >= 4 is 51.6 Å². The van der Waals surface area contributed by atoms with Crippen molar-refractivity contribution in [3.8, 4) is 0 Å². The zero-order valence-corrected chi connectivity index (χ0v) is 43.4. The minimum absolute atomic E-state index is 0. The summed E-state index contributed by atoms with van der Waals surface area (Å²) in [5.41, 5.74) is 0. The summed E-state index contributed by atoms with van der Waals surface area (Å²) in [5, 5.41) is 0. The van der Waals surface area contributed by atoms with Gasteiger partial charge in [-0.15, -0.1) is 0 Å². The van der Waals surface area contributed by atoms with E-state index in [0.717, 1.165) is 0 Å². The van der Waals surface area contributed by atoms with E-state index in [1.165, 1.54) is 28.4 Å². The number of hydrogen-bond donors (Lipinski definition) is 6. The van der Waals surface area contributed by atoms with E-state index in [9.17, 15) is 0 Å². The normalized spacial score (nSPS) is 12.1. The molecule has 1 aliphatic heterocycles. The summed E-state index contributed by atoms with van der Waals surface area (Å²) in [4.78, 5) is 49.6. The largest absolute Gasteiger partial charge is 0.335 e. The predicted octanol–water partition coefficient (Wildman–Crippen LogP) is 1.86. The number of hydrogen-bond acceptors (Lipinski definition) is 18. The van der Waals surface area contributed by atoms with E-state index in [0.29, 0.717) is 13.2 Å². The second-order valence-corrected chi connectivity index (χ2v) is 10.3. The maximum atomic E-state index is 8.27. The Hall–Kier alpha value is 7.24. The van der Waals surface area contributed by atoms with E-state index < -0.39 is 51.6 Å². The molecule has 229 valence electrons. The topological polar surface area (TPSA) is 232 Å². The van der Waals surface area contributed by atoms with Crippen LogP contribution in [0.1, 0.15) is 0 Å². The molecular formula is C9H28O18P6W3Y3. The number of rotatable bonds is 16. The van der Waals surface area contributed by atoms with Gasteiger partial charge in [-0.1, -0.05) is 0 Å². The van der Waals surface area contributed by atoms with Crippen LogP contribution >= 0.6 is 51.6 Å². The van der Waals surface area contributed by atoms with Crippen LogP contribution in [-0.4, -0.2) is 91.4 Å². The second kappa shape index (κ2) is 49.6. The average molecular weight is 1430 g/mol. The molecule has 0 bridgehead atoms. The van der Waals surface area contributed by atoms with Gasteiger partial charge in [-0.25, -0.2) is 0 Å². The Morgan fingerprint density at radius 1 is 0.538 bits per heavy atom. The molecular weight excluding hydrogens is 1400 g/mol. The van der Waals surface area contributed by atoms with Crippen molar-refractivity contribution in [1.29, 1.82) is 0 Å². The summed E-state index contributed by atoms with van der Waals surface area (Å²) in [5.74, 6) is 0. The fourth-order valence-electron chi connectivity index (χ4n) is 1.04. The van der Waals surface area contributed by atoms with E-state index in [-0.39, 0.29) is 182 Å². The first-order valence-corrected chi connectivity index (χ1v) is 14.6. The Morgan fingerprint density at radius 2 is 0.821 bits per heavy atom. The first-order valence-electron chi connectivity index (χ1n) is 7.83. The molecule has 0 amide bonds. The van der Waals surface area contributed by atoms with E-state index >= 15 is 0 Å². The van der Waals surface area contributed by atoms with E-state index in [1.54, 1.807) is 0 Å². The molecule has 0 aromatic carbocycles. The molecule has 30 heteroatoms. The maximum absolute atomic E-state index is 8.27. The fourth-order valence-corrected chi connectivity index (χ4v) is 3.53. The molecule has 0 aliphatic carbocycles. The standard InChI is InChI=1S/C3H8O6P2.2C3H10O6P2.3W.3Y/c4-10(5)8-3-9-11-6-1-2-7-11;2*1-6-11(7-2)9-3-8-10(4)5;;;;;;/h4-5H,1-3H2;2*4-5H,3H2,1-2H3;;;;;;. The van der Waals surface area contributed by atoms with Gasteiger partial charge >= 0.3 is 51.6 Å². The molecule has 18 nitrogen and oxygen atoms in total. The minimum Gasteiger partial charge on any atom is -0.328 e. The molecule has 39 heavy (non-hydrogen) atoms. The van der Waals surface area contributed by atoms with Crippen molar-refractivity contribution in [1.82, 2.24) is 0 Å². The maximum Gasteiger partial charge on any atom is 0.335 e. The second-order valence-electron chi connectivity index (χ2n) is 3.95. The van der Waals surface area contributed by atoms with Crippen molar-refractivity contribution in [3.05, 3.63) is 0 Å². The van der Waals surface area contributed by atoms with Gasteiger partial charge in [-0.2, -0.15) is 0 Å². The Bertz CT molecular complexity index is 378. The van der Waals surface area contributed by atoms with Crippen LogP contribution in [0.2, 0.25) is 0 Å². The van der Waals surface area contributed by atoms with Crippen molar-refractivity contribution in [3.63, 3.8) is 0 Å². The predicted molar refractivity (Wildman–Crippen MR) is 116 cm³/mol. The molecule has 0 unspecified atom stereocenters. The molecule has 1 rings (SSSR count). The van der Waals surface area contributed by atoms with Crippen LogP contribution in [0.15, 0.2) is 0 Å². The Morgan fingerprint density at radius 3 is 1.08 bits per heavy atom. The van der Waals surface area contributed by atoms with Crippen LogP contribution in [-0.2, 0) is 216 Å². The van der Waals surface area contributed by atoms with Gasteiger partial charge in [-0.05, 0) is 0 Å². The Balaban J connectivity index is -0.0000000572. The van der Waals surface area contributed by atoms with Crippen LogP contribution in [0.3, 0.4) is 0 Å². The van der Waals surface area contributed by atoms with Gasteiger partial charge in [0.25, 0.3) is 0 Å². The zero-order valence-electron chi connectivity index (χ0n) is 20.8. The smallest absolute Gasteiger partial charge is 0.328 e. The van der Waals surface area contributed by atoms with E-state index in [2.05, 4.69) is 31.7 Å². The van der Waals surface area contributed by atoms with Gasteiger partial charge in [0.15, 0.2) is 20.4 Å². The summed E-state index contributed by atoms with van der Waals surface area (Å²) in [6.07, 6.45) is 0. The van der Waals surface area contributed by atoms with Crippen LogP contribution in [0.5, 0.6) is 0 Å². The molecule has 0 atom stereocenters. The molecule has 1 aliphatic rings. The quantitative estimate of drug-likeness (QED) is 0.0957. The van der Waals surface area contributed by atoms with Gasteiger partial charge in [-0.3, -0.25) is 27.1 Å². The SMILES string of the molecule is COP(OC)OCOP(O)O.COP(OC)OCOP(O)O.OP(O)OCOP1OCCO1.[W].[W].[W].[Y].[Y].[Y]. The van der Waals surface area contributed by atoms with Crippen molar-refractivity contribution in [2.75, 3.05) is 62.0 Å².